The molecule has 2 aromatic heterocycles. The first-order valence-electron chi connectivity index (χ1n) is 12.9. The summed E-state index contributed by atoms with van der Waals surface area (Å²) in [5.74, 6) is -0.226. The van der Waals surface area contributed by atoms with E-state index in [-0.39, 0.29) is 17.2 Å². The highest BCUT2D eigenvalue weighted by atomic mass is 35.5. The highest BCUT2D eigenvalue weighted by Crippen LogP contribution is 2.36. The zero-order valence-corrected chi connectivity index (χ0v) is 24.1. The number of nitrogens with one attached hydrogen (secondary N) is 1. The first-order valence-corrected chi connectivity index (χ1v) is 15.1. The van der Waals surface area contributed by atoms with Crippen LogP contribution in [0.25, 0.3) is 27.0 Å². The third-order valence-electron chi connectivity index (χ3n) is 6.88. The van der Waals surface area contributed by atoms with E-state index in [1.165, 1.54) is 16.6 Å². The largest absolute Gasteiger partial charge is 0.272 e. The third-order valence-corrected chi connectivity index (χ3v) is 9.26. The summed E-state index contributed by atoms with van der Waals surface area (Å²) < 4.78 is 1.59. The molecule has 0 atom stereocenters. The molecule has 3 aromatic carbocycles. The van der Waals surface area contributed by atoms with Crippen molar-refractivity contribution in [2.45, 2.75) is 31.3 Å². The van der Waals surface area contributed by atoms with Crippen LogP contribution in [-0.2, 0) is 17.6 Å². The quantitative estimate of drug-likeness (QED) is 0.0978. The van der Waals surface area contributed by atoms with Crippen molar-refractivity contribution >= 4 is 56.5 Å². The monoisotopic (exact) mass is 584 g/mol. The minimum Gasteiger partial charge on any atom is -0.272 e. The number of hydrogen-bond donors (Lipinski definition) is 1. The van der Waals surface area contributed by atoms with Crippen LogP contribution in [0.3, 0.4) is 0 Å². The Labute approximate surface area is 244 Å². The Balaban J connectivity index is 1.20. The Morgan fingerprint density at radius 2 is 1.75 bits per heavy atom. The average molecular weight is 585 g/mol. The minimum absolute atomic E-state index is 0.0559. The lowest BCUT2D eigenvalue weighted by atomic mass is 10.0. The van der Waals surface area contributed by atoms with Crippen LogP contribution < -0.4 is 11.0 Å². The number of aryl methyl sites for hydroxylation is 2. The van der Waals surface area contributed by atoms with Crippen LogP contribution in [0.5, 0.6) is 0 Å². The van der Waals surface area contributed by atoms with Gasteiger partial charge in [-0.3, -0.25) is 14.2 Å². The zero-order valence-electron chi connectivity index (χ0n) is 21.7. The Morgan fingerprint density at radius 1 is 1.02 bits per heavy atom. The summed E-state index contributed by atoms with van der Waals surface area (Å²) in [5.41, 5.74) is 8.20. The number of aromatic nitrogens is 2. The molecule has 1 N–H and O–H groups in total. The lowest BCUT2D eigenvalue weighted by molar-refractivity contribution is -0.118. The number of hydrogen-bond acceptors (Lipinski definition) is 6. The molecule has 6 rings (SSSR count). The number of halogens is 1. The van der Waals surface area contributed by atoms with Crippen molar-refractivity contribution in [2.75, 3.05) is 5.75 Å². The first-order chi connectivity index (χ1) is 19.5. The van der Waals surface area contributed by atoms with Gasteiger partial charge in [-0.2, -0.15) is 5.10 Å². The first kappa shape index (κ1) is 26.5. The lowest BCUT2D eigenvalue weighted by Gasteiger charge is -2.12. The van der Waals surface area contributed by atoms with E-state index >= 15 is 0 Å². The molecule has 5 aromatic rings. The van der Waals surface area contributed by atoms with Crippen molar-refractivity contribution in [3.8, 4) is 16.8 Å². The fraction of sp³-hybridized carbons (Fsp3) is 0.161. The molecule has 40 heavy (non-hydrogen) atoms. The molecule has 2 heterocycles. The zero-order chi connectivity index (χ0) is 27.6. The van der Waals surface area contributed by atoms with Crippen molar-refractivity contribution in [3.63, 3.8) is 0 Å². The number of nitrogens with zero attached hydrogens (tertiary/aromatic N) is 3. The van der Waals surface area contributed by atoms with Crippen molar-refractivity contribution < 1.29 is 4.79 Å². The Morgan fingerprint density at radius 3 is 2.50 bits per heavy atom. The highest BCUT2D eigenvalue weighted by Gasteiger charge is 2.24. The van der Waals surface area contributed by atoms with Crippen LogP contribution in [0.15, 0.2) is 93.9 Å². The number of carbonyl (C=O) groups is 1. The molecular weight excluding hydrogens is 560 g/mol. The van der Waals surface area contributed by atoms with Gasteiger partial charge >= 0.3 is 0 Å². The summed E-state index contributed by atoms with van der Waals surface area (Å²) in [6.45, 7) is 1.86. The number of thiophene rings is 1. The summed E-state index contributed by atoms with van der Waals surface area (Å²) in [5, 5.41) is 6.04. The van der Waals surface area contributed by atoms with E-state index in [0.717, 1.165) is 46.3 Å². The lowest BCUT2D eigenvalue weighted by Crippen LogP contribution is -2.24. The summed E-state index contributed by atoms with van der Waals surface area (Å²) in [6, 6.07) is 25.3. The third kappa shape index (κ3) is 5.35. The van der Waals surface area contributed by atoms with Crippen LogP contribution in [0, 0.1) is 0 Å². The second-order valence-corrected chi connectivity index (χ2v) is 12.0. The molecule has 0 saturated heterocycles. The maximum Gasteiger partial charge on any atom is 0.267 e. The van der Waals surface area contributed by atoms with Gasteiger partial charge in [0.15, 0.2) is 5.16 Å². The fourth-order valence-electron chi connectivity index (χ4n) is 4.85. The van der Waals surface area contributed by atoms with Gasteiger partial charge in [0, 0.05) is 9.90 Å². The maximum absolute atomic E-state index is 13.7. The molecule has 0 fully saturated rings. The molecule has 0 unspecified atom stereocenters. The van der Waals surface area contributed by atoms with E-state index in [2.05, 4.69) is 22.7 Å². The van der Waals surface area contributed by atoms with Crippen LogP contribution in [0.2, 0.25) is 5.02 Å². The maximum atomic E-state index is 13.7. The summed E-state index contributed by atoms with van der Waals surface area (Å²) in [7, 11) is 0. The Bertz CT molecular complexity index is 1790. The second-order valence-electron chi connectivity index (χ2n) is 9.51. The number of benzene rings is 3. The topological polar surface area (TPSA) is 76.3 Å². The van der Waals surface area contributed by atoms with E-state index in [9.17, 15) is 9.59 Å². The number of rotatable bonds is 7. The number of amides is 1. The number of carbonyl (C=O) groups excluding carboxylic acids is 1. The van der Waals surface area contributed by atoms with Crippen LogP contribution in [0.1, 0.15) is 29.3 Å². The second kappa shape index (κ2) is 11.4. The highest BCUT2D eigenvalue weighted by molar-refractivity contribution is 7.99. The van der Waals surface area contributed by atoms with Crippen molar-refractivity contribution in [2.24, 2.45) is 5.10 Å². The van der Waals surface area contributed by atoms with Gasteiger partial charge in [0.25, 0.3) is 11.5 Å². The molecule has 0 spiro atoms. The molecule has 9 heteroatoms. The number of fused-ring (bicyclic) bond motifs is 3. The smallest absolute Gasteiger partial charge is 0.267 e. The van der Waals surface area contributed by atoms with Crippen molar-refractivity contribution in [1.82, 2.24) is 15.0 Å². The molecule has 0 aliphatic heterocycles. The average Bonchev–Trinajstić information content (AvgIpc) is 3.57. The molecule has 1 aliphatic carbocycles. The van der Waals surface area contributed by atoms with Crippen LogP contribution in [-0.4, -0.2) is 26.9 Å². The Kier molecular flexibility index (Phi) is 7.56. The van der Waals surface area contributed by atoms with Gasteiger partial charge in [0.05, 0.1) is 22.5 Å². The summed E-state index contributed by atoms with van der Waals surface area (Å²) >= 11 is 8.90. The molecule has 200 valence electrons. The standard InChI is InChI=1S/C31H25ClN4O2S2/c1-19(20-10-12-22(13-11-20)21-6-3-2-4-7-21)34-35-27(37)18-39-31-33-29-28(25-8-5-9-26(25)40-29)30(38)36(31)24-16-14-23(32)15-17-24/h2-4,6-7,10-17H,5,8-9,18H2,1H3,(H,35,37). The summed E-state index contributed by atoms with van der Waals surface area (Å²) in [6.07, 6.45) is 2.94. The van der Waals surface area contributed by atoms with E-state index in [1.54, 1.807) is 40.2 Å². The molecule has 1 aliphatic rings. The van der Waals surface area contributed by atoms with Gasteiger partial charge in [-0.25, -0.2) is 10.4 Å². The van der Waals surface area contributed by atoms with Gasteiger partial charge in [-0.05, 0) is 72.7 Å². The predicted molar refractivity (Wildman–Crippen MR) is 165 cm³/mol. The number of thioether (sulfide) groups is 1. The van der Waals surface area contributed by atoms with E-state index in [4.69, 9.17) is 16.6 Å². The van der Waals surface area contributed by atoms with Crippen molar-refractivity contribution in [3.05, 3.63) is 110 Å². The molecule has 1 amide bonds. The molecule has 0 bridgehead atoms. The number of hydrazone groups is 1. The van der Waals surface area contributed by atoms with Gasteiger partial charge in [-0.1, -0.05) is 78.0 Å². The van der Waals surface area contributed by atoms with Gasteiger partial charge in [0.1, 0.15) is 4.83 Å². The van der Waals surface area contributed by atoms with Gasteiger partial charge in [-0.15, -0.1) is 11.3 Å². The predicted octanol–water partition coefficient (Wildman–Crippen LogP) is 6.89. The molecule has 6 nitrogen and oxygen atoms in total. The van der Waals surface area contributed by atoms with E-state index in [0.29, 0.717) is 27.0 Å². The van der Waals surface area contributed by atoms with Crippen LogP contribution >= 0.6 is 34.7 Å². The van der Waals surface area contributed by atoms with E-state index in [1.807, 2.05) is 49.4 Å². The van der Waals surface area contributed by atoms with Gasteiger partial charge in [0.2, 0.25) is 0 Å². The fourth-order valence-corrected chi connectivity index (χ4v) is 7.08. The molecular formula is C31H25ClN4O2S2. The molecule has 0 saturated carbocycles. The van der Waals surface area contributed by atoms with E-state index < -0.39 is 0 Å². The van der Waals surface area contributed by atoms with Gasteiger partial charge < -0.3 is 0 Å². The Hall–Kier alpha value is -3.72. The van der Waals surface area contributed by atoms with Crippen molar-refractivity contribution in [1.29, 1.82) is 0 Å². The normalized spacial score (nSPS) is 13.0. The summed E-state index contributed by atoms with van der Waals surface area (Å²) in [4.78, 5) is 33.3. The minimum atomic E-state index is -0.282. The SMILES string of the molecule is CC(=NNC(=O)CSc1nc2sc3c(c2c(=O)n1-c1ccc(Cl)cc1)CCC3)c1ccc(-c2ccccc2)cc1. The molecule has 0 radical (unpaired) electrons. The van der Waals surface area contributed by atoms with Crippen LogP contribution in [0.4, 0.5) is 0 Å².